The summed E-state index contributed by atoms with van der Waals surface area (Å²) in [5.74, 6) is 0.311. The van der Waals surface area contributed by atoms with Crippen LogP contribution in [0.5, 0.6) is 0 Å². The molecule has 0 spiro atoms. The summed E-state index contributed by atoms with van der Waals surface area (Å²) in [4.78, 5) is 11.1. The molecule has 0 unspecified atom stereocenters. The first-order valence-corrected chi connectivity index (χ1v) is 4.85. The van der Waals surface area contributed by atoms with Crippen LogP contribution in [0.1, 0.15) is 31.4 Å². The molecular formula is C9H13N3O2. The lowest BCUT2D eigenvalue weighted by Gasteiger charge is -1.99. The van der Waals surface area contributed by atoms with Gasteiger partial charge in [0.05, 0.1) is 12.3 Å². The Balaban J connectivity index is 1.92. The smallest absolute Gasteiger partial charge is 0.327 e. The highest BCUT2D eigenvalue weighted by Gasteiger charge is 2.26. The molecule has 5 nitrogen and oxygen atoms in total. The Morgan fingerprint density at radius 1 is 1.71 bits per heavy atom. The Hall–Kier alpha value is -1.39. The third-order valence-corrected chi connectivity index (χ3v) is 2.15. The summed E-state index contributed by atoms with van der Waals surface area (Å²) in [5, 5.41) is 7.86. The van der Waals surface area contributed by atoms with E-state index < -0.39 is 0 Å². The number of hydrogen-bond acceptors (Lipinski definition) is 4. The number of esters is 1. The van der Waals surface area contributed by atoms with E-state index in [0.717, 1.165) is 5.69 Å². The Morgan fingerprint density at radius 3 is 3.14 bits per heavy atom. The van der Waals surface area contributed by atoms with Crippen LogP contribution < -0.4 is 0 Å². The van der Waals surface area contributed by atoms with E-state index in [1.165, 1.54) is 17.5 Å². The van der Waals surface area contributed by atoms with Crippen molar-refractivity contribution < 1.29 is 9.53 Å². The maximum absolute atomic E-state index is 11.1. The molecular weight excluding hydrogens is 182 g/mol. The van der Waals surface area contributed by atoms with E-state index in [0.29, 0.717) is 12.5 Å². The fourth-order valence-corrected chi connectivity index (χ4v) is 1.30. The largest absolute Gasteiger partial charge is 0.465 e. The quantitative estimate of drug-likeness (QED) is 0.664. The van der Waals surface area contributed by atoms with Gasteiger partial charge in [-0.25, -0.2) is 4.68 Å². The molecule has 1 fully saturated rings. The number of nitrogens with zero attached hydrogens (tertiary/aromatic N) is 3. The molecule has 1 aliphatic rings. The summed E-state index contributed by atoms with van der Waals surface area (Å²) >= 11 is 0. The molecule has 0 aliphatic heterocycles. The number of ether oxygens (including phenoxy) is 1. The third kappa shape index (κ3) is 2.10. The van der Waals surface area contributed by atoms with Crippen molar-refractivity contribution in [1.82, 2.24) is 15.0 Å². The van der Waals surface area contributed by atoms with Crippen molar-refractivity contribution in [2.45, 2.75) is 32.2 Å². The van der Waals surface area contributed by atoms with Gasteiger partial charge in [0.15, 0.2) is 0 Å². The van der Waals surface area contributed by atoms with Crippen LogP contribution in [0.25, 0.3) is 0 Å². The van der Waals surface area contributed by atoms with E-state index in [1.807, 2.05) is 6.20 Å². The fraction of sp³-hybridized carbons (Fsp3) is 0.667. The zero-order valence-corrected chi connectivity index (χ0v) is 8.14. The second-order valence-electron chi connectivity index (χ2n) is 3.42. The van der Waals surface area contributed by atoms with Crippen LogP contribution in [-0.4, -0.2) is 27.6 Å². The maximum Gasteiger partial charge on any atom is 0.327 e. The monoisotopic (exact) mass is 195 g/mol. The van der Waals surface area contributed by atoms with Crippen LogP contribution >= 0.6 is 0 Å². The van der Waals surface area contributed by atoms with Crippen molar-refractivity contribution in [3.8, 4) is 0 Å². The van der Waals surface area contributed by atoms with Gasteiger partial charge in [-0.2, -0.15) is 0 Å². The third-order valence-electron chi connectivity index (χ3n) is 2.15. The number of carbonyl (C=O) groups excluding carboxylic acids is 1. The minimum Gasteiger partial charge on any atom is -0.465 e. The minimum absolute atomic E-state index is 0.160. The molecule has 1 saturated carbocycles. The first-order chi connectivity index (χ1) is 6.79. The summed E-state index contributed by atoms with van der Waals surface area (Å²) in [6.07, 6.45) is 4.21. The van der Waals surface area contributed by atoms with Crippen LogP contribution in [-0.2, 0) is 16.1 Å². The van der Waals surface area contributed by atoms with Crippen LogP contribution in [0.3, 0.4) is 0 Å². The van der Waals surface area contributed by atoms with Gasteiger partial charge in [-0.3, -0.25) is 4.79 Å². The van der Waals surface area contributed by atoms with Gasteiger partial charge in [0.1, 0.15) is 6.54 Å². The average molecular weight is 195 g/mol. The highest BCUT2D eigenvalue weighted by molar-refractivity contribution is 5.68. The highest BCUT2D eigenvalue weighted by atomic mass is 16.5. The normalized spacial score (nSPS) is 15.5. The Morgan fingerprint density at radius 2 is 2.50 bits per heavy atom. The van der Waals surface area contributed by atoms with E-state index in [9.17, 15) is 4.79 Å². The van der Waals surface area contributed by atoms with Crippen LogP contribution in [0, 0.1) is 0 Å². The zero-order valence-electron chi connectivity index (χ0n) is 8.14. The molecule has 1 aromatic rings. The number of rotatable bonds is 4. The lowest BCUT2D eigenvalue weighted by Crippen LogP contribution is -2.13. The van der Waals surface area contributed by atoms with Gasteiger partial charge in [-0.1, -0.05) is 5.21 Å². The van der Waals surface area contributed by atoms with Crippen molar-refractivity contribution in [1.29, 1.82) is 0 Å². The first-order valence-electron chi connectivity index (χ1n) is 4.85. The lowest BCUT2D eigenvalue weighted by molar-refractivity contribution is -0.144. The predicted octanol–water partition coefficient (Wildman–Crippen LogP) is 0.719. The number of carbonyl (C=O) groups is 1. The highest BCUT2D eigenvalue weighted by Crippen LogP contribution is 2.38. The van der Waals surface area contributed by atoms with Crippen molar-refractivity contribution >= 4 is 5.97 Å². The second kappa shape index (κ2) is 3.77. The topological polar surface area (TPSA) is 57.0 Å². The van der Waals surface area contributed by atoms with E-state index in [2.05, 4.69) is 10.3 Å². The molecule has 2 rings (SSSR count). The average Bonchev–Trinajstić information content (AvgIpc) is 2.89. The molecule has 0 bridgehead atoms. The molecule has 0 N–H and O–H groups in total. The molecule has 0 radical (unpaired) electrons. The summed E-state index contributed by atoms with van der Waals surface area (Å²) in [6.45, 7) is 2.35. The van der Waals surface area contributed by atoms with Crippen molar-refractivity contribution in [3.63, 3.8) is 0 Å². The summed E-state index contributed by atoms with van der Waals surface area (Å²) in [7, 11) is 0. The van der Waals surface area contributed by atoms with Crippen molar-refractivity contribution in [2.75, 3.05) is 6.61 Å². The molecule has 0 aromatic carbocycles. The second-order valence-corrected chi connectivity index (χ2v) is 3.42. The van der Waals surface area contributed by atoms with Crippen LogP contribution in [0.4, 0.5) is 0 Å². The van der Waals surface area contributed by atoms with Crippen LogP contribution in [0.15, 0.2) is 6.20 Å². The van der Waals surface area contributed by atoms with Gasteiger partial charge in [-0.05, 0) is 19.8 Å². The molecule has 1 aliphatic carbocycles. The summed E-state index contributed by atoms with van der Waals surface area (Å²) in [5.41, 5.74) is 0.995. The predicted molar refractivity (Wildman–Crippen MR) is 48.6 cm³/mol. The Labute approximate surface area is 82.1 Å². The van der Waals surface area contributed by atoms with Gasteiger partial charge < -0.3 is 4.74 Å². The first kappa shape index (κ1) is 9.18. The molecule has 76 valence electrons. The van der Waals surface area contributed by atoms with Crippen molar-refractivity contribution in [3.05, 3.63) is 11.9 Å². The Kier molecular flexibility index (Phi) is 2.47. The SMILES string of the molecule is CCOC(=O)Cn1cc(C2CC2)nn1. The van der Waals surface area contributed by atoms with E-state index in [-0.39, 0.29) is 12.5 Å². The summed E-state index contributed by atoms with van der Waals surface area (Å²) in [6, 6.07) is 0. The van der Waals surface area contributed by atoms with Gasteiger partial charge in [-0.15, -0.1) is 5.10 Å². The molecule has 0 atom stereocenters. The molecule has 1 aromatic heterocycles. The van der Waals surface area contributed by atoms with Crippen LogP contribution in [0.2, 0.25) is 0 Å². The lowest BCUT2D eigenvalue weighted by atomic mass is 10.3. The maximum atomic E-state index is 11.1. The molecule has 0 amide bonds. The van der Waals surface area contributed by atoms with Gasteiger partial charge in [0, 0.05) is 12.1 Å². The molecule has 0 saturated heterocycles. The molecule has 1 heterocycles. The van der Waals surface area contributed by atoms with Gasteiger partial charge in [0.25, 0.3) is 0 Å². The van der Waals surface area contributed by atoms with Crippen molar-refractivity contribution in [2.24, 2.45) is 0 Å². The molecule has 14 heavy (non-hydrogen) atoms. The van der Waals surface area contributed by atoms with E-state index >= 15 is 0 Å². The number of aromatic nitrogens is 3. The Bertz CT molecular complexity index is 331. The minimum atomic E-state index is -0.264. The zero-order chi connectivity index (χ0) is 9.97. The fourth-order valence-electron chi connectivity index (χ4n) is 1.30. The van der Waals surface area contributed by atoms with Gasteiger partial charge in [0.2, 0.25) is 0 Å². The standard InChI is InChI=1S/C9H13N3O2/c1-2-14-9(13)6-12-5-8(10-11-12)7-3-4-7/h5,7H,2-4,6H2,1H3. The molecule has 5 heteroatoms. The van der Waals surface area contributed by atoms with Gasteiger partial charge >= 0.3 is 5.97 Å². The number of hydrogen-bond donors (Lipinski definition) is 0. The van der Waals surface area contributed by atoms with E-state index in [4.69, 9.17) is 4.74 Å². The summed E-state index contributed by atoms with van der Waals surface area (Å²) < 4.78 is 6.34. The van der Waals surface area contributed by atoms with E-state index in [1.54, 1.807) is 6.92 Å².